The van der Waals surface area contributed by atoms with E-state index in [2.05, 4.69) is 21.1 Å². The fourth-order valence-corrected chi connectivity index (χ4v) is 4.41. The van der Waals surface area contributed by atoms with Crippen LogP contribution >= 0.6 is 15.9 Å². The number of halogens is 1. The molecule has 1 N–H and O–H groups in total. The molecule has 2 heterocycles. The summed E-state index contributed by atoms with van der Waals surface area (Å²) in [5.41, 5.74) is 1.06. The first-order valence-corrected chi connectivity index (χ1v) is 11.2. The van der Waals surface area contributed by atoms with Gasteiger partial charge in [-0.05, 0) is 53.6 Å². The fourth-order valence-electron chi connectivity index (χ4n) is 4.15. The van der Waals surface area contributed by atoms with Crippen LogP contribution in [-0.4, -0.2) is 29.1 Å². The van der Waals surface area contributed by atoms with Crippen LogP contribution in [0.25, 0.3) is 16.5 Å². The number of aliphatic hydroxyl groups excluding tert-OH is 1. The summed E-state index contributed by atoms with van der Waals surface area (Å²) >= 11 is 3.41. The number of methoxy groups -OCH3 is 1. The van der Waals surface area contributed by atoms with Crippen molar-refractivity contribution in [2.24, 2.45) is 0 Å². The zero-order chi connectivity index (χ0) is 24.0. The number of carbonyl (C=O) groups is 2. The number of amides is 1. The van der Waals surface area contributed by atoms with Crippen LogP contribution < -0.4 is 9.64 Å². The molecule has 4 aromatic rings. The summed E-state index contributed by atoms with van der Waals surface area (Å²) in [6, 6.07) is 18.8. The Kier molecular flexibility index (Phi) is 5.45. The molecule has 0 radical (unpaired) electrons. The van der Waals surface area contributed by atoms with Gasteiger partial charge in [0.25, 0.3) is 5.78 Å². The third kappa shape index (κ3) is 3.66. The predicted molar refractivity (Wildman–Crippen MR) is 131 cm³/mol. The summed E-state index contributed by atoms with van der Waals surface area (Å²) in [5, 5.41) is 17.0. The molecule has 1 saturated heterocycles. The number of aromatic nitrogens is 1. The Bertz CT molecular complexity index is 1470. The summed E-state index contributed by atoms with van der Waals surface area (Å²) in [4.78, 5) is 27.6. The molecule has 0 aliphatic carbocycles. The lowest BCUT2D eigenvalue weighted by atomic mass is 9.94. The summed E-state index contributed by atoms with van der Waals surface area (Å²) < 4.78 is 11.3. The van der Waals surface area contributed by atoms with E-state index in [1.165, 1.54) is 4.90 Å². The number of rotatable bonds is 4. The summed E-state index contributed by atoms with van der Waals surface area (Å²) in [6.07, 6.45) is 0. The smallest absolute Gasteiger partial charge is 0.301 e. The third-order valence-electron chi connectivity index (χ3n) is 5.81. The standard InChI is InChI=1S/C26H19BrN2O5/c1-14-11-21(28-34-14)29-23(15-5-8-19(27)9-6-15)22(25(31)26(29)32)24(30)18-4-3-17-13-20(33-2)10-7-16(17)12-18/h3-13,23,30H,1-2H3/b24-22+. The second-order valence-electron chi connectivity index (χ2n) is 7.94. The van der Waals surface area contributed by atoms with E-state index in [1.54, 1.807) is 44.4 Å². The van der Waals surface area contributed by atoms with Gasteiger partial charge in [0.2, 0.25) is 0 Å². The Morgan fingerprint density at radius 1 is 1.03 bits per heavy atom. The largest absolute Gasteiger partial charge is 0.507 e. The van der Waals surface area contributed by atoms with Gasteiger partial charge in [0.05, 0.1) is 18.7 Å². The molecule has 0 saturated carbocycles. The van der Waals surface area contributed by atoms with E-state index < -0.39 is 17.7 Å². The Balaban J connectivity index is 1.69. The number of hydrogen-bond acceptors (Lipinski definition) is 6. The summed E-state index contributed by atoms with van der Waals surface area (Å²) in [7, 11) is 1.60. The van der Waals surface area contributed by atoms with E-state index in [0.717, 1.165) is 15.2 Å². The van der Waals surface area contributed by atoms with E-state index in [1.807, 2.05) is 36.4 Å². The number of benzene rings is 3. The normalized spacial score (nSPS) is 17.5. The van der Waals surface area contributed by atoms with Crippen LogP contribution in [0.2, 0.25) is 0 Å². The van der Waals surface area contributed by atoms with Crippen molar-refractivity contribution >= 4 is 50.0 Å². The highest BCUT2D eigenvalue weighted by Crippen LogP contribution is 2.42. The zero-order valence-electron chi connectivity index (χ0n) is 18.3. The minimum atomic E-state index is -0.871. The summed E-state index contributed by atoms with van der Waals surface area (Å²) in [5.74, 6) is -0.414. The molecule has 1 atom stereocenters. The second kappa shape index (κ2) is 8.46. The van der Waals surface area contributed by atoms with Crippen molar-refractivity contribution in [2.75, 3.05) is 12.0 Å². The first-order chi connectivity index (χ1) is 16.4. The highest BCUT2D eigenvalue weighted by Gasteiger charge is 2.48. The maximum Gasteiger partial charge on any atom is 0.301 e. The predicted octanol–water partition coefficient (Wildman–Crippen LogP) is 5.53. The minimum absolute atomic E-state index is 0.0131. The number of ether oxygens (including phenoxy) is 1. The van der Waals surface area contributed by atoms with Crippen LogP contribution in [0.1, 0.15) is 22.9 Å². The average molecular weight is 519 g/mol. The van der Waals surface area contributed by atoms with Crippen LogP contribution in [0.15, 0.2) is 81.3 Å². The highest BCUT2D eigenvalue weighted by atomic mass is 79.9. The van der Waals surface area contributed by atoms with Gasteiger partial charge in [0, 0.05) is 16.1 Å². The summed E-state index contributed by atoms with van der Waals surface area (Å²) in [6.45, 7) is 1.70. The molecule has 1 aromatic heterocycles. The molecule has 0 bridgehead atoms. The second-order valence-corrected chi connectivity index (χ2v) is 8.86. The number of Topliss-reactive ketones (excluding diaryl/α,β-unsaturated/α-hetero) is 1. The quantitative estimate of drug-likeness (QED) is 0.217. The molecule has 8 heteroatoms. The number of ketones is 1. The lowest BCUT2D eigenvalue weighted by Gasteiger charge is -2.23. The number of nitrogens with zero attached hydrogens (tertiary/aromatic N) is 2. The maximum absolute atomic E-state index is 13.2. The van der Waals surface area contributed by atoms with Gasteiger partial charge in [-0.25, -0.2) is 0 Å². The molecule has 5 rings (SSSR count). The molecule has 1 unspecified atom stereocenters. The Labute approximate surface area is 203 Å². The van der Waals surface area contributed by atoms with Gasteiger partial charge in [-0.3, -0.25) is 14.5 Å². The van der Waals surface area contributed by atoms with Crippen LogP contribution in [0.4, 0.5) is 5.82 Å². The first-order valence-electron chi connectivity index (χ1n) is 10.5. The van der Waals surface area contributed by atoms with Gasteiger partial charge in [0.1, 0.15) is 17.3 Å². The number of aryl methyl sites for hydroxylation is 1. The van der Waals surface area contributed by atoms with Crippen molar-refractivity contribution in [1.29, 1.82) is 0 Å². The number of carbonyl (C=O) groups excluding carboxylic acids is 2. The first kappa shape index (κ1) is 21.9. The number of fused-ring (bicyclic) bond motifs is 1. The molecular formula is C26H19BrN2O5. The molecule has 3 aromatic carbocycles. The molecule has 1 fully saturated rings. The van der Waals surface area contributed by atoms with Crippen molar-refractivity contribution in [1.82, 2.24) is 5.16 Å². The maximum atomic E-state index is 13.2. The fraction of sp³-hybridized carbons (Fsp3) is 0.115. The van der Waals surface area contributed by atoms with E-state index in [9.17, 15) is 14.7 Å². The molecule has 34 heavy (non-hydrogen) atoms. The topological polar surface area (TPSA) is 92.9 Å². The van der Waals surface area contributed by atoms with Crippen LogP contribution in [-0.2, 0) is 9.59 Å². The number of aliphatic hydroxyl groups is 1. The van der Waals surface area contributed by atoms with Crippen molar-refractivity contribution in [3.8, 4) is 5.75 Å². The van der Waals surface area contributed by atoms with Crippen LogP contribution in [0, 0.1) is 6.92 Å². The monoisotopic (exact) mass is 518 g/mol. The van der Waals surface area contributed by atoms with Crippen molar-refractivity contribution < 1.29 is 24.0 Å². The van der Waals surface area contributed by atoms with E-state index >= 15 is 0 Å². The van der Waals surface area contributed by atoms with Gasteiger partial charge >= 0.3 is 5.91 Å². The van der Waals surface area contributed by atoms with Gasteiger partial charge in [-0.15, -0.1) is 0 Å². The lowest BCUT2D eigenvalue weighted by Crippen LogP contribution is -2.29. The molecule has 0 spiro atoms. The third-order valence-corrected chi connectivity index (χ3v) is 6.34. The minimum Gasteiger partial charge on any atom is -0.507 e. The molecular weight excluding hydrogens is 500 g/mol. The van der Waals surface area contributed by atoms with Gasteiger partial charge in [-0.2, -0.15) is 0 Å². The van der Waals surface area contributed by atoms with Crippen molar-refractivity contribution in [3.05, 3.63) is 93.7 Å². The SMILES string of the molecule is COc1ccc2cc(/C(O)=C3\C(=O)C(=O)N(c4cc(C)on4)C3c3ccc(Br)cc3)ccc2c1. The molecule has 1 amide bonds. The van der Waals surface area contributed by atoms with E-state index in [-0.39, 0.29) is 17.2 Å². The Morgan fingerprint density at radius 3 is 2.41 bits per heavy atom. The molecule has 7 nitrogen and oxygen atoms in total. The van der Waals surface area contributed by atoms with Crippen molar-refractivity contribution in [2.45, 2.75) is 13.0 Å². The lowest BCUT2D eigenvalue weighted by molar-refractivity contribution is -0.132. The van der Waals surface area contributed by atoms with E-state index in [0.29, 0.717) is 22.6 Å². The Hall–Kier alpha value is -3.91. The molecule has 1 aliphatic rings. The zero-order valence-corrected chi connectivity index (χ0v) is 19.9. The van der Waals surface area contributed by atoms with Crippen LogP contribution in [0.5, 0.6) is 5.75 Å². The van der Waals surface area contributed by atoms with E-state index in [4.69, 9.17) is 9.26 Å². The Morgan fingerprint density at radius 2 is 1.74 bits per heavy atom. The number of hydrogen-bond donors (Lipinski definition) is 1. The average Bonchev–Trinajstić information content (AvgIpc) is 3.38. The van der Waals surface area contributed by atoms with Crippen molar-refractivity contribution in [3.63, 3.8) is 0 Å². The van der Waals surface area contributed by atoms with Crippen LogP contribution in [0.3, 0.4) is 0 Å². The number of anilines is 1. The molecule has 1 aliphatic heterocycles. The van der Waals surface area contributed by atoms with Gasteiger partial charge < -0.3 is 14.4 Å². The molecule has 170 valence electrons. The van der Waals surface area contributed by atoms with Gasteiger partial charge in [0.15, 0.2) is 5.82 Å². The van der Waals surface area contributed by atoms with Gasteiger partial charge in [-0.1, -0.05) is 51.4 Å². The highest BCUT2D eigenvalue weighted by molar-refractivity contribution is 9.10.